The molecule has 13 heteroatoms. The first-order valence-electron chi connectivity index (χ1n) is 11.4. The van der Waals surface area contributed by atoms with Crippen molar-refractivity contribution in [3.8, 4) is 17.2 Å². The summed E-state index contributed by atoms with van der Waals surface area (Å²) < 4.78 is 66.3. The summed E-state index contributed by atoms with van der Waals surface area (Å²) in [6.45, 7) is 0.989. The topological polar surface area (TPSA) is 99.3 Å². The van der Waals surface area contributed by atoms with E-state index in [-0.39, 0.29) is 30.1 Å². The van der Waals surface area contributed by atoms with Crippen LogP contribution in [0.4, 0.5) is 13.2 Å². The van der Waals surface area contributed by atoms with Gasteiger partial charge >= 0.3 is 6.18 Å². The van der Waals surface area contributed by atoms with E-state index in [1.165, 1.54) is 23.5 Å². The summed E-state index contributed by atoms with van der Waals surface area (Å²) in [7, 11) is -0.355. The summed E-state index contributed by atoms with van der Waals surface area (Å²) in [5.74, 6) is -0.810. The molecule has 2 aromatic heterocycles. The maximum absolute atomic E-state index is 14.0. The quantitative estimate of drug-likeness (QED) is 0.422. The van der Waals surface area contributed by atoms with Gasteiger partial charge in [-0.05, 0) is 36.9 Å². The molecule has 0 fully saturated rings. The molecule has 1 aliphatic heterocycles. The van der Waals surface area contributed by atoms with Crippen LogP contribution in [0.25, 0.3) is 11.1 Å². The van der Waals surface area contributed by atoms with Crippen molar-refractivity contribution < 1.29 is 26.4 Å². The minimum atomic E-state index is -4.91. The van der Waals surface area contributed by atoms with Crippen LogP contribution in [0.1, 0.15) is 32.5 Å². The van der Waals surface area contributed by atoms with Crippen molar-refractivity contribution in [2.75, 3.05) is 33.4 Å². The third-order valence-corrected chi connectivity index (χ3v) is 7.94. The number of amides is 1. The van der Waals surface area contributed by atoms with Crippen LogP contribution in [-0.2, 0) is 27.5 Å². The van der Waals surface area contributed by atoms with Crippen LogP contribution in [0.5, 0.6) is 0 Å². The molecule has 3 heterocycles. The molecule has 0 aliphatic carbocycles. The molecule has 1 atom stereocenters. The fourth-order valence-corrected chi connectivity index (χ4v) is 5.92. The molecule has 1 unspecified atom stereocenters. The van der Waals surface area contributed by atoms with Crippen molar-refractivity contribution in [2.45, 2.75) is 18.6 Å². The Morgan fingerprint density at radius 2 is 1.97 bits per heavy atom. The molecule has 3 aromatic rings. The first-order valence-corrected chi connectivity index (χ1v) is 14.1. The highest BCUT2D eigenvalue weighted by Gasteiger charge is 2.40. The minimum absolute atomic E-state index is 0.146. The minimum Gasteiger partial charge on any atom is -0.333 e. The number of carbonyl (C=O) groups excluding carboxylic acids is 1. The van der Waals surface area contributed by atoms with Crippen molar-refractivity contribution in [1.82, 2.24) is 19.0 Å². The Morgan fingerprint density at radius 1 is 1.26 bits per heavy atom. The van der Waals surface area contributed by atoms with Gasteiger partial charge in [-0.15, -0.1) is 11.3 Å². The monoisotopic (exact) mass is 563 g/mol. The van der Waals surface area contributed by atoms with Crippen LogP contribution in [-0.4, -0.2) is 66.8 Å². The summed E-state index contributed by atoms with van der Waals surface area (Å²) in [6.07, 6.45) is -0.0885. The van der Waals surface area contributed by atoms with Gasteiger partial charge in [0.25, 0.3) is 10.0 Å². The number of rotatable bonds is 6. The van der Waals surface area contributed by atoms with Gasteiger partial charge in [0.2, 0.25) is 5.91 Å². The van der Waals surface area contributed by atoms with E-state index >= 15 is 0 Å². The smallest absolute Gasteiger partial charge is 0.333 e. The second kappa shape index (κ2) is 10.4. The van der Waals surface area contributed by atoms with Crippen LogP contribution < -0.4 is 0 Å². The Balaban J connectivity index is 1.85. The summed E-state index contributed by atoms with van der Waals surface area (Å²) >= 11 is 1.24. The fraction of sp³-hybridized carbons (Fsp3) is 0.320. The predicted octanol–water partition coefficient (Wildman–Crippen LogP) is 3.90. The number of likely N-dealkylation sites (N-methyl/N-ethyl adjacent to an activating group) is 1. The Kier molecular flexibility index (Phi) is 7.51. The van der Waals surface area contributed by atoms with Crippen molar-refractivity contribution >= 4 is 27.3 Å². The lowest BCUT2D eigenvalue weighted by atomic mass is 9.83. The number of thiophene rings is 1. The molecule has 0 radical (unpaired) electrons. The van der Waals surface area contributed by atoms with E-state index < -0.39 is 27.8 Å². The van der Waals surface area contributed by atoms with E-state index in [9.17, 15) is 31.6 Å². The third kappa shape index (κ3) is 5.67. The van der Waals surface area contributed by atoms with Crippen LogP contribution in [0.2, 0.25) is 0 Å². The van der Waals surface area contributed by atoms with Gasteiger partial charge in [0.15, 0.2) is 5.69 Å². The zero-order chi connectivity index (χ0) is 27.8. The maximum atomic E-state index is 14.0. The van der Waals surface area contributed by atoms with Crippen molar-refractivity contribution in [3.05, 3.63) is 75.3 Å². The lowest BCUT2D eigenvalue weighted by molar-refractivity contribution is -0.140. The highest BCUT2D eigenvalue weighted by Crippen LogP contribution is 2.44. The molecule has 0 saturated heterocycles. The predicted molar refractivity (Wildman–Crippen MR) is 137 cm³/mol. The fourth-order valence-electron chi connectivity index (χ4n) is 4.35. The van der Waals surface area contributed by atoms with Gasteiger partial charge in [0.05, 0.1) is 19.0 Å². The molecule has 200 valence electrons. The number of aromatic nitrogens is 2. The molecule has 1 aromatic carbocycles. The SMILES string of the molecule is CN(C)C/C=C/C(=O)N1Cc2sc(C#N)cc2C(c2ccccc2-c2cn(S(C)(=O)=O)nc2C(F)(F)F)C1. The largest absolute Gasteiger partial charge is 0.435 e. The lowest BCUT2D eigenvalue weighted by Crippen LogP contribution is -2.37. The Morgan fingerprint density at radius 3 is 2.61 bits per heavy atom. The van der Waals surface area contributed by atoms with Gasteiger partial charge in [0, 0.05) is 35.5 Å². The summed E-state index contributed by atoms with van der Waals surface area (Å²) in [5, 5.41) is 12.8. The Labute approximate surface area is 222 Å². The van der Waals surface area contributed by atoms with Crippen molar-refractivity contribution in [3.63, 3.8) is 0 Å². The third-order valence-electron chi connectivity index (χ3n) is 6.04. The van der Waals surface area contributed by atoms with Gasteiger partial charge in [-0.25, -0.2) is 8.42 Å². The van der Waals surface area contributed by atoms with Crippen molar-refractivity contribution in [2.24, 2.45) is 0 Å². The van der Waals surface area contributed by atoms with E-state index in [4.69, 9.17) is 0 Å². The molecule has 4 rings (SSSR count). The standard InChI is InChI=1S/C25H24F3N5O3S2/c1-31(2)10-6-9-23(34)32-13-20(19-11-16(12-29)37-22(19)15-32)17-7-4-5-8-18(17)21-14-33(38(3,35)36)30-24(21)25(26,27)28/h4-9,11,14,20H,10,13,15H2,1-3H3/b9-6+. The van der Waals surface area contributed by atoms with Crippen LogP contribution in [0.3, 0.4) is 0 Å². The molecule has 0 bridgehead atoms. The number of benzene rings is 1. The number of hydrogen-bond acceptors (Lipinski definition) is 7. The van der Waals surface area contributed by atoms with Crippen LogP contribution in [0.15, 0.2) is 48.7 Å². The molecule has 8 nitrogen and oxygen atoms in total. The van der Waals surface area contributed by atoms with Crippen LogP contribution >= 0.6 is 11.3 Å². The normalized spacial score (nSPS) is 16.2. The molecule has 0 spiro atoms. The van der Waals surface area contributed by atoms with Crippen molar-refractivity contribution in [1.29, 1.82) is 5.26 Å². The number of alkyl halides is 3. The molecule has 38 heavy (non-hydrogen) atoms. The first-order chi connectivity index (χ1) is 17.8. The number of carbonyl (C=O) groups is 1. The molecular weight excluding hydrogens is 539 g/mol. The zero-order valence-electron chi connectivity index (χ0n) is 20.7. The highest BCUT2D eigenvalue weighted by atomic mass is 32.2. The van der Waals surface area contributed by atoms with Gasteiger partial charge in [-0.3, -0.25) is 4.79 Å². The van der Waals surface area contributed by atoms with Gasteiger partial charge in [-0.1, -0.05) is 30.3 Å². The number of hydrogen-bond donors (Lipinski definition) is 0. The summed E-state index contributed by atoms with van der Waals surface area (Å²) in [4.78, 5) is 17.7. The molecule has 1 aliphatic rings. The van der Waals surface area contributed by atoms with E-state index in [1.54, 1.807) is 35.2 Å². The first kappa shape index (κ1) is 27.6. The molecular formula is C25H24F3N5O3S2. The van der Waals surface area contributed by atoms with E-state index in [1.807, 2.05) is 19.0 Å². The van der Waals surface area contributed by atoms with Gasteiger partial charge in [0.1, 0.15) is 10.9 Å². The number of nitriles is 1. The number of nitrogens with zero attached hydrogens (tertiary/aromatic N) is 5. The average Bonchev–Trinajstić information content (AvgIpc) is 3.47. The average molecular weight is 564 g/mol. The second-order valence-electron chi connectivity index (χ2n) is 9.15. The van der Waals surface area contributed by atoms with Gasteiger partial charge < -0.3 is 9.80 Å². The summed E-state index contributed by atoms with van der Waals surface area (Å²) in [5.41, 5.74) is -0.347. The lowest BCUT2D eigenvalue weighted by Gasteiger charge is -2.33. The van der Waals surface area contributed by atoms with E-state index in [2.05, 4.69) is 11.2 Å². The number of fused-ring (bicyclic) bond motifs is 1. The maximum Gasteiger partial charge on any atom is 0.435 e. The van der Waals surface area contributed by atoms with E-state index in [0.29, 0.717) is 21.1 Å². The molecule has 0 saturated carbocycles. The summed E-state index contributed by atoms with van der Waals surface area (Å²) in [6, 6.07) is 10.2. The zero-order valence-corrected chi connectivity index (χ0v) is 22.4. The van der Waals surface area contributed by atoms with E-state index in [0.717, 1.165) is 22.9 Å². The Bertz CT molecular complexity index is 1550. The van der Waals surface area contributed by atoms with Gasteiger partial charge in [-0.2, -0.15) is 27.6 Å². The van der Waals surface area contributed by atoms with Crippen LogP contribution in [0, 0.1) is 11.3 Å². The Hall–Kier alpha value is -3.47. The second-order valence-corrected chi connectivity index (χ2v) is 12.1. The molecule has 0 N–H and O–H groups in total. The molecule has 1 amide bonds. The highest BCUT2D eigenvalue weighted by molar-refractivity contribution is 7.89. The number of halogens is 3.